The van der Waals surface area contributed by atoms with Crippen LogP contribution in [0.3, 0.4) is 0 Å². The fraction of sp³-hybridized carbons (Fsp3) is 0.387. The van der Waals surface area contributed by atoms with Crippen LogP contribution in [-0.4, -0.2) is 71.2 Å². The van der Waals surface area contributed by atoms with E-state index in [4.69, 9.17) is 0 Å². The van der Waals surface area contributed by atoms with Crippen molar-refractivity contribution in [2.75, 3.05) is 44.6 Å². The molecule has 1 aliphatic rings. The zero-order valence-corrected chi connectivity index (χ0v) is 22.9. The smallest absolute Gasteiger partial charge is 0.319 e. The van der Waals surface area contributed by atoms with E-state index in [0.717, 1.165) is 41.3 Å². The molecule has 39 heavy (non-hydrogen) atoms. The third-order valence-corrected chi connectivity index (χ3v) is 7.37. The van der Waals surface area contributed by atoms with Crippen LogP contribution in [0, 0.1) is 13.8 Å². The molecule has 8 nitrogen and oxygen atoms in total. The van der Waals surface area contributed by atoms with E-state index in [1.807, 2.05) is 86.6 Å². The standard InChI is InChI=1S/C31H39N5O3/c1-24-21-28(22-25(2)33-24)34-30(39)32-15-18-35-16-13-31(14-17-35,27-11-7-4-8-12-27)29(38)36(19-20-37)23-26-9-5-3-6-10-26/h3-12,21-22,37H,13-20,23H2,1-2H3,(H2,32,33,34,39). The van der Waals surface area contributed by atoms with Gasteiger partial charge >= 0.3 is 6.03 Å². The molecule has 0 bridgehead atoms. The van der Waals surface area contributed by atoms with Crippen molar-refractivity contribution >= 4 is 17.6 Å². The van der Waals surface area contributed by atoms with Gasteiger partial charge in [-0.1, -0.05) is 60.7 Å². The van der Waals surface area contributed by atoms with Crippen molar-refractivity contribution in [3.05, 3.63) is 95.3 Å². The Hall–Kier alpha value is -3.75. The number of aliphatic hydroxyl groups excluding tert-OH is 1. The minimum atomic E-state index is -0.649. The van der Waals surface area contributed by atoms with Crippen molar-refractivity contribution in [3.63, 3.8) is 0 Å². The summed E-state index contributed by atoms with van der Waals surface area (Å²) < 4.78 is 0. The molecule has 0 atom stereocenters. The summed E-state index contributed by atoms with van der Waals surface area (Å²) >= 11 is 0. The van der Waals surface area contributed by atoms with Crippen LogP contribution in [0.15, 0.2) is 72.8 Å². The molecular formula is C31H39N5O3. The topological polar surface area (TPSA) is 97.8 Å². The summed E-state index contributed by atoms with van der Waals surface area (Å²) in [6.07, 6.45) is 1.35. The number of anilines is 1. The second kappa shape index (κ2) is 13.4. The molecule has 4 rings (SSSR count). The van der Waals surface area contributed by atoms with Gasteiger partial charge in [0.1, 0.15) is 0 Å². The first-order valence-corrected chi connectivity index (χ1v) is 13.6. The van der Waals surface area contributed by atoms with Gasteiger partial charge in [0, 0.05) is 43.3 Å². The molecule has 0 saturated carbocycles. The van der Waals surface area contributed by atoms with Crippen LogP contribution >= 0.6 is 0 Å². The van der Waals surface area contributed by atoms with E-state index in [0.29, 0.717) is 39.0 Å². The molecule has 2 aromatic carbocycles. The van der Waals surface area contributed by atoms with Gasteiger partial charge in [-0.15, -0.1) is 0 Å². The number of carbonyl (C=O) groups excluding carboxylic acids is 2. The molecule has 2 heterocycles. The summed E-state index contributed by atoms with van der Waals surface area (Å²) in [5.74, 6) is 0.0618. The molecule has 1 fully saturated rings. The number of hydrogen-bond acceptors (Lipinski definition) is 5. The number of amides is 3. The number of benzene rings is 2. The number of aromatic nitrogens is 1. The van der Waals surface area contributed by atoms with Gasteiger partial charge in [-0.3, -0.25) is 9.78 Å². The van der Waals surface area contributed by atoms with Gasteiger partial charge in [0.25, 0.3) is 0 Å². The van der Waals surface area contributed by atoms with E-state index in [2.05, 4.69) is 20.5 Å². The Morgan fingerprint density at radius 2 is 1.59 bits per heavy atom. The highest BCUT2D eigenvalue weighted by Crippen LogP contribution is 2.38. The number of carbonyl (C=O) groups is 2. The van der Waals surface area contributed by atoms with Crippen LogP contribution in [0.1, 0.15) is 35.4 Å². The van der Waals surface area contributed by atoms with Crippen LogP contribution in [0.5, 0.6) is 0 Å². The van der Waals surface area contributed by atoms with Crippen LogP contribution in [0.25, 0.3) is 0 Å². The van der Waals surface area contributed by atoms with E-state index < -0.39 is 5.41 Å². The van der Waals surface area contributed by atoms with Crippen LogP contribution in [0.4, 0.5) is 10.5 Å². The van der Waals surface area contributed by atoms with Gasteiger partial charge in [0.2, 0.25) is 5.91 Å². The quantitative estimate of drug-likeness (QED) is 0.370. The minimum Gasteiger partial charge on any atom is -0.395 e. The van der Waals surface area contributed by atoms with E-state index in [-0.39, 0.29) is 18.5 Å². The van der Waals surface area contributed by atoms with Crippen molar-refractivity contribution in [1.29, 1.82) is 0 Å². The summed E-state index contributed by atoms with van der Waals surface area (Å²) in [6.45, 7) is 7.17. The van der Waals surface area contributed by atoms with Crippen molar-refractivity contribution in [3.8, 4) is 0 Å². The SMILES string of the molecule is Cc1cc(NC(=O)NCCN2CCC(C(=O)N(CCO)Cc3ccccc3)(c3ccccc3)CC2)cc(C)n1. The van der Waals surface area contributed by atoms with Gasteiger partial charge in [-0.25, -0.2) is 4.79 Å². The second-order valence-electron chi connectivity index (χ2n) is 10.2. The number of nitrogens with one attached hydrogen (secondary N) is 2. The zero-order valence-electron chi connectivity index (χ0n) is 22.9. The first-order valence-electron chi connectivity index (χ1n) is 13.6. The molecule has 1 aliphatic heterocycles. The average molecular weight is 530 g/mol. The number of aliphatic hydroxyl groups is 1. The lowest BCUT2D eigenvalue weighted by Crippen LogP contribution is -2.54. The highest BCUT2D eigenvalue weighted by Gasteiger charge is 2.44. The van der Waals surface area contributed by atoms with E-state index in [1.54, 1.807) is 4.90 Å². The number of hydrogen-bond donors (Lipinski definition) is 3. The number of aryl methyl sites for hydroxylation is 2. The number of pyridine rings is 1. The van der Waals surface area contributed by atoms with E-state index in [1.165, 1.54) is 0 Å². The first kappa shape index (κ1) is 28.3. The van der Waals surface area contributed by atoms with Crippen LogP contribution in [-0.2, 0) is 16.8 Å². The Kier molecular flexibility index (Phi) is 9.68. The molecule has 0 unspecified atom stereocenters. The van der Waals surface area contributed by atoms with Crippen molar-refractivity contribution in [1.82, 2.24) is 20.1 Å². The predicted octanol–water partition coefficient (Wildman–Crippen LogP) is 3.87. The summed E-state index contributed by atoms with van der Waals surface area (Å²) in [4.78, 5) is 35.0. The fourth-order valence-corrected chi connectivity index (χ4v) is 5.43. The van der Waals surface area contributed by atoms with Crippen LogP contribution < -0.4 is 10.6 Å². The second-order valence-corrected chi connectivity index (χ2v) is 10.2. The highest BCUT2D eigenvalue weighted by molar-refractivity contribution is 5.89. The largest absolute Gasteiger partial charge is 0.395 e. The summed E-state index contributed by atoms with van der Waals surface area (Å²) in [7, 11) is 0. The number of rotatable bonds is 10. The average Bonchev–Trinajstić information content (AvgIpc) is 2.93. The maximum atomic E-state index is 14.2. The third kappa shape index (κ3) is 7.43. The Morgan fingerprint density at radius 3 is 2.21 bits per heavy atom. The Balaban J connectivity index is 1.38. The van der Waals surface area contributed by atoms with Crippen molar-refractivity contribution in [2.45, 2.75) is 38.6 Å². The molecule has 0 spiro atoms. The highest BCUT2D eigenvalue weighted by atomic mass is 16.3. The molecular weight excluding hydrogens is 490 g/mol. The Morgan fingerprint density at radius 1 is 0.974 bits per heavy atom. The molecule has 8 heteroatoms. The fourth-order valence-electron chi connectivity index (χ4n) is 5.43. The first-order chi connectivity index (χ1) is 18.9. The maximum Gasteiger partial charge on any atom is 0.319 e. The summed E-state index contributed by atoms with van der Waals surface area (Å²) in [6, 6.07) is 23.4. The Labute approximate surface area is 231 Å². The lowest BCUT2D eigenvalue weighted by molar-refractivity contribution is -0.140. The molecule has 0 aliphatic carbocycles. The molecule has 1 saturated heterocycles. The normalized spacial score (nSPS) is 14.9. The van der Waals surface area contributed by atoms with Gasteiger partial charge < -0.3 is 25.5 Å². The van der Waals surface area contributed by atoms with Gasteiger partial charge in [0.05, 0.1) is 12.0 Å². The maximum absolute atomic E-state index is 14.2. The molecule has 3 aromatic rings. The van der Waals surface area contributed by atoms with Gasteiger partial charge in [-0.2, -0.15) is 0 Å². The number of nitrogens with zero attached hydrogens (tertiary/aromatic N) is 3. The molecule has 3 amide bonds. The summed E-state index contributed by atoms with van der Waals surface area (Å²) in [5.41, 5.74) is 3.86. The van der Waals surface area contributed by atoms with Crippen LogP contribution in [0.2, 0.25) is 0 Å². The summed E-state index contributed by atoms with van der Waals surface area (Å²) in [5, 5.41) is 15.6. The van der Waals surface area contributed by atoms with Crippen molar-refractivity contribution in [2.24, 2.45) is 0 Å². The Bertz CT molecular complexity index is 1210. The van der Waals surface area contributed by atoms with E-state index >= 15 is 0 Å². The van der Waals surface area contributed by atoms with Gasteiger partial charge in [-0.05, 0) is 63.0 Å². The van der Waals surface area contributed by atoms with E-state index in [9.17, 15) is 14.7 Å². The minimum absolute atomic E-state index is 0.0618. The number of urea groups is 1. The van der Waals surface area contributed by atoms with Gasteiger partial charge in [0.15, 0.2) is 0 Å². The molecule has 0 radical (unpaired) electrons. The lowest BCUT2D eigenvalue weighted by Gasteiger charge is -2.43. The molecule has 1 aromatic heterocycles. The number of piperidine rings is 1. The lowest BCUT2D eigenvalue weighted by atomic mass is 9.71. The third-order valence-electron chi connectivity index (χ3n) is 7.37. The predicted molar refractivity (Wildman–Crippen MR) is 153 cm³/mol. The monoisotopic (exact) mass is 529 g/mol. The van der Waals surface area contributed by atoms with Crippen molar-refractivity contribution < 1.29 is 14.7 Å². The zero-order chi connectivity index (χ0) is 27.7. The molecule has 206 valence electrons. The molecule has 3 N–H and O–H groups in total. The number of likely N-dealkylation sites (tertiary alicyclic amines) is 1.